The van der Waals surface area contributed by atoms with E-state index in [1.54, 1.807) is 20.2 Å². The molecule has 0 unspecified atom stereocenters. The molecule has 0 amide bonds. The highest BCUT2D eigenvalue weighted by Crippen LogP contribution is 2.24. The van der Waals surface area contributed by atoms with Crippen molar-refractivity contribution in [1.82, 2.24) is 10.2 Å². The molecule has 27 heavy (non-hydrogen) atoms. The number of halogens is 2. The number of aliphatic imine (C=N–C) groups is 1. The number of piperazine rings is 1. The van der Waals surface area contributed by atoms with Gasteiger partial charge in [0, 0.05) is 72.9 Å². The van der Waals surface area contributed by atoms with Crippen molar-refractivity contribution in [2.24, 2.45) is 4.99 Å². The van der Waals surface area contributed by atoms with Gasteiger partial charge in [-0.2, -0.15) is 0 Å². The van der Waals surface area contributed by atoms with Crippen molar-refractivity contribution in [3.63, 3.8) is 0 Å². The molecule has 0 saturated carbocycles. The maximum Gasteiger partial charge on any atom is 0.193 e. The van der Waals surface area contributed by atoms with Crippen LogP contribution in [0.1, 0.15) is 12.8 Å². The van der Waals surface area contributed by atoms with Gasteiger partial charge in [0.2, 0.25) is 0 Å². The van der Waals surface area contributed by atoms with Crippen LogP contribution in [-0.2, 0) is 9.47 Å². The molecule has 2 heterocycles. The maximum absolute atomic E-state index is 14.0. The molecule has 1 N–H and O–H groups in total. The minimum Gasteiger partial charge on any atom is -0.381 e. The SMILES string of the molecule is CN=C(NCC1(OC)CCOCC1)N1CCN(c2ccccc2F)CC1.I. The molecule has 2 aliphatic heterocycles. The average molecular weight is 492 g/mol. The summed E-state index contributed by atoms with van der Waals surface area (Å²) >= 11 is 0. The van der Waals surface area contributed by atoms with Crippen LogP contribution in [0.25, 0.3) is 0 Å². The molecule has 0 atom stereocenters. The smallest absolute Gasteiger partial charge is 0.193 e. The predicted molar refractivity (Wildman–Crippen MR) is 117 cm³/mol. The molecule has 2 fully saturated rings. The second-order valence-corrected chi connectivity index (χ2v) is 6.83. The first kappa shape index (κ1) is 22.2. The van der Waals surface area contributed by atoms with Gasteiger partial charge in [-0.05, 0) is 12.1 Å². The Bertz CT molecular complexity index is 617. The van der Waals surface area contributed by atoms with Crippen LogP contribution in [0.15, 0.2) is 29.3 Å². The van der Waals surface area contributed by atoms with Gasteiger partial charge in [0.05, 0.1) is 11.3 Å². The molecule has 0 radical (unpaired) electrons. The van der Waals surface area contributed by atoms with Crippen molar-refractivity contribution in [1.29, 1.82) is 0 Å². The van der Waals surface area contributed by atoms with Crippen molar-refractivity contribution < 1.29 is 13.9 Å². The fraction of sp³-hybridized carbons (Fsp3) is 0.632. The van der Waals surface area contributed by atoms with E-state index in [4.69, 9.17) is 9.47 Å². The lowest BCUT2D eigenvalue weighted by atomic mass is 9.94. The summed E-state index contributed by atoms with van der Waals surface area (Å²) in [7, 11) is 3.57. The summed E-state index contributed by atoms with van der Waals surface area (Å²) in [5.41, 5.74) is 0.485. The van der Waals surface area contributed by atoms with Gasteiger partial charge in [0.25, 0.3) is 0 Å². The predicted octanol–water partition coefficient (Wildman–Crippen LogP) is 2.34. The molecular formula is C19H30FIN4O2. The van der Waals surface area contributed by atoms with Gasteiger partial charge in [-0.3, -0.25) is 4.99 Å². The number of guanidine groups is 1. The average Bonchev–Trinajstić information content (AvgIpc) is 2.70. The Kier molecular flexibility index (Phi) is 8.56. The van der Waals surface area contributed by atoms with Crippen LogP contribution in [-0.4, -0.2) is 76.6 Å². The number of rotatable bonds is 4. The molecule has 6 nitrogen and oxygen atoms in total. The van der Waals surface area contributed by atoms with E-state index < -0.39 is 0 Å². The van der Waals surface area contributed by atoms with Crippen LogP contribution < -0.4 is 10.2 Å². The Morgan fingerprint density at radius 1 is 1.22 bits per heavy atom. The Hall–Kier alpha value is -1.13. The Labute approximate surface area is 178 Å². The van der Waals surface area contributed by atoms with Gasteiger partial charge in [-0.25, -0.2) is 4.39 Å². The normalized spacial score (nSPS) is 20.2. The van der Waals surface area contributed by atoms with Crippen LogP contribution >= 0.6 is 24.0 Å². The number of anilines is 1. The lowest BCUT2D eigenvalue weighted by molar-refractivity contribution is -0.0857. The van der Waals surface area contributed by atoms with E-state index in [0.717, 1.165) is 58.2 Å². The zero-order valence-corrected chi connectivity index (χ0v) is 18.4. The minimum absolute atomic E-state index is 0. The number of hydrogen-bond donors (Lipinski definition) is 1. The van der Waals surface area contributed by atoms with Crippen molar-refractivity contribution in [2.75, 3.05) is 65.0 Å². The Morgan fingerprint density at radius 3 is 2.48 bits per heavy atom. The number of ether oxygens (including phenoxy) is 2. The molecule has 2 saturated heterocycles. The third-order valence-electron chi connectivity index (χ3n) is 5.39. The minimum atomic E-state index is -0.191. The molecule has 0 bridgehead atoms. The van der Waals surface area contributed by atoms with Crippen LogP contribution in [0.3, 0.4) is 0 Å². The first-order chi connectivity index (χ1) is 12.7. The highest BCUT2D eigenvalue weighted by atomic mass is 127. The van der Waals surface area contributed by atoms with Crippen LogP contribution in [0.2, 0.25) is 0 Å². The van der Waals surface area contributed by atoms with E-state index >= 15 is 0 Å². The van der Waals surface area contributed by atoms with E-state index in [-0.39, 0.29) is 35.4 Å². The standard InChI is InChI=1S/C19H29FN4O2.HI/c1-21-18(22-15-19(25-2)7-13-26-14-8-19)24-11-9-23(10-12-24)17-6-4-3-5-16(17)20;/h3-6H,7-15H2,1-2H3,(H,21,22);1H. The first-order valence-corrected chi connectivity index (χ1v) is 9.25. The molecule has 2 aliphatic rings. The molecule has 0 aliphatic carbocycles. The van der Waals surface area contributed by atoms with E-state index in [1.165, 1.54) is 6.07 Å². The third-order valence-corrected chi connectivity index (χ3v) is 5.39. The van der Waals surface area contributed by atoms with Crippen molar-refractivity contribution in [3.05, 3.63) is 30.1 Å². The topological polar surface area (TPSA) is 49.3 Å². The molecular weight excluding hydrogens is 462 g/mol. The molecule has 1 aromatic rings. The van der Waals surface area contributed by atoms with E-state index in [9.17, 15) is 4.39 Å². The summed E-state index contributed by atoms with van der Waals surface area (Å²) in [5.74, 6) is 0.714. The van der Waals surface area contributed by atoms with E-state index in [1.807, 2.05) is 12.1 Å². The molecule has 1 aromatic carbocycles. The first-order valence-electron chi connectivity index (χ1n) is 9.25. The Morgan fingerprint density at radius 2 is 1.89 bits per heavy atom. The second kappa shape index (κ2) is 10.4. The van der Waals surface area contributed by atoms with Gasteiger partial charge in [0.1, 0.15) is 5.82 Å². The van der Waals surface area contributed by atoms with Gasteiger partial charge < -0.3 is 24.6 Å². The van der Waals surface area contributed by atoms with E-state index in [2.05, 4.69) is 20.1 Å². The van der Waals surface area contributed by atoms with Gasteiger partial charge in [0.15, 0.2) is 5.96 Å². The summed E-state index contributed by atoms with van der Waals surface area (Å²) in [4.78, 5) is 8.74. The zero-order valence-electron chi connectivity index (χ0n) is 16.1. The number of para-hydroxylation sites is 1. The van der Waals surface area contributed by atoms with Crippen LogP contribution in [0, 0.1) is 5.82 Å². The van der Waals surface area contributed by atoms with Crippen molar-refractivity contribution >= 4 is 35.6 Å². The number of hydrogen-bond acceptors (Lipinski definition) is 4. The number of benzene rings is 1. The zero-order chi connectivity index (χ0) is 18.4. The number of nitrogens with zero attached hydrogens (tertiary/aromatic N) is 3. The van der Waals surface area contributed by atoms with Crippen molar-refractivity contribution in [3.8, 4) is 0 Å². The molecule has 0 spiro atoms. The monoisotopic (exact) mass is 492 g/mol. The second-order valence-electron chi connectivity index (χ2n) is 6.83. The third kappa shape index (κ3) is 5.45. The fourth-order valence-corrected chi connectivity index (χ4v) is 3.64. The molecule has 8 heteroatoms. The highest BCUT2D eigenvalue weighted by molar-refractivity contribution is 14.0. The van der Waals surface area contributed by atoms with Crippen molar-refractivity contribution in [2.45, 2.75) is 18.4 Å². The summed E-state index contributed by atoms with van der Waals surface area (Å²) in [6.07, 6.45) is 1.77. The summed E-state index contributed by atoms with van der Waals surface area (Å²) in [6, 6.07) is 6.96. The quantitative estimate of drug-likeness (QED) is 0.398. The Balaban J connectivity index is 0.00000261. The van der Waals surface area contributed by atoms with Crippen LogP contribution in [0.4, 0.5) is 10.1 Å². The molecule has 0 aromatic heterocycles. The maximum atomic E-state index is 14.0. The summed E-state index contributed by atoms with van der Waals surface area (Å²) < 4.78 is 25.2. The largest absolute Gasteiger partial charge is 0.381 e. The highest BCUT2D eigenvalue weighted by Gasteiger charge is 2.33. The van der Waals surface area contributed by atoms with Gasteiger partial charge in [-0.15, -0.1) is 24.0 Å². The fourth-order valence-electron chi connectivity index (χ4n) is 3.64. The molecule has 152 valence electrons. The van der Waals surface area contributed by atoms with Crippen LogP contribution in [0.5, 0.6) is 0 Å². The summed E-state index contributed by atoms with van der Waals surface area (Å²) in [5, 5.41) is 3.47. The lowest BCUT2D eigenvalue weighted by Crippen LogP contribution is -2.56. The lowest BCUT2D eigenvalue weighted by Gasteiger charge is -2.40. The van der Waals surface area contributed by atoms with Gasteiger partial charge >= 0.3 is 0 Å². The number of nitrogens with one attached hydrogen (secondary N) is 1. The molecule has 3 rings (SSSR count). The van der Waals surface area contributed by atoms with Gasteiger partial charge in [-0.1, -0.05) is 12.1 Å². The summed E-state index contributed by atoms with van der Waals surface area (Å²) in [6.45, 7) is 5.32. The van der Waals surface area contributed by atoms with E-state index in [0.29, 0.717) is 12.2 Å². The number of methoxy groups -OCH3 is 1.